The van der Waals surface area contributed by atoms with Crippen molar-refractivity contribution in [1.82, 2.24) is 14.7 Å². The molecular weight excluding hydrogens is 286 g/mol. The maximum Gasteiger partial charge on any atom is 0.274 e. The van der Waals surface area contributed by atoms with Gasteiger partial charge in [-0.2, -0.15) is 5.10 Å². The molecule has 0 N–H and O–H groups in total. The summed E-state index contributed by atoms with van der Waals surface area (Å²) in [6, 6.07) is 2.41. The minimum absolute atomic E-state index is 0.121. The summed E-state index contributed by atoms with van der Waals surface area (Å²) < 4.78 is 2.04. The number of hydrogen-bond acceptors (Lipinski definition) is 2. The molecule has 0 radical (unpaired) electrons. The molecule has 1 saturated carbocycles. The van der Waals surface area contributed by atoms with Gasteiger partial charge in [0.15, 0.2) is 0 Å². The van der Waals surface area contributed by atoms with Gasteiger partial charge in [0, 0.05) is 19.3 Å². The number of carbonyl (C=O) groups is 1. The Morgan fingerprint density at radius 3 is 2.65 bits per heavy atom. The number of hydrogen-bond donors (Lipinski definition) is 0. The minimum atomic E-state index is 0.121. The molecule has 23 heavy (non-hydrogen) atoms. The average molecular weight is 317 g/mol. The van der Waals surface area contributed by atoms with Gasteiger partial charge in [0.25, 0.3) is 5.91 Å². The van der Waals surface area contributed by atoms with Crippen LogP contribution in [-0.2, 0) is 0 Å². The van der Waals surface area contributed by atoms with Crippen LogP contribution in [0.3, 0.4) is 0 Å². The third kappa shape index (κ3) is 4.15. The van der Waals surface area contributed by atoms with Gasteiger partial charge in [0.05, 0.1) is 6.04 Å². The Balaban J connectivity index is 1.59. The molecule has 2 fully saturated rings. The zero-order valence-corrected chi connectivity index (χ0v) is 14.9. The number of carbonyl (C=O) groups excluding carboxylic acids is 1. The van der Waals surface area contributed by atoms with Crippen molar-refractivity contribution in [3.05, 3.63) is 18.0 Å². The first kappa shape index (κ1) is 16.5. The van der Waals surface area contributed by atoms with E-state index >= 15 is 0 Å². The lowest BCUT2D eigenvalue weighted by atomic mass is 9.84. The van der Waals surface area contributed by atoms with Crippen LogP contribution in [0.5, 0.6) is 0 Å². The van der Waals surface area contributed by atoms with Gasteiger partial charge in [0.1, 0.15) is 5.69 Å². The maximum absolute atomic E-state index is 12.7. The predicted molar refractivity (Wildman–Crippen MR) is 92.4 cm³/mol. The summed E-state index contributed by atoms with van der Waals surface area (Å²) in [5.74, 6) is 0.760. The SMILES string of the molecule is CC(C)(C)CC1CCN(C(=O)c2ccn(C3CCCCC3)n2)C1. The van der Waals surface area contributed by atoms with E-state index in [1.165, 1.54) is 38.5 Å². The second-order valence-electron chi connectivity index (χ2n) is 8.64. The van der Waals surface area contributed by atoms with Crippen molar-refractivity contribution in [2.24, 2.45) is 11.3 Å². The fraction of sp³-hybridized carbons (Fsp3) is 0.789. The van der Waals surface area contributed by atoms with Gasteiger partial charge in [-0.3, -0.25) is 9.48 Å². The van der Waals surface area contributed by atoms with E-state index in [2.05, 4.69) is 25.9 Å². The van der Waals surface area contributed by atoms with E-state index in [0.717, 1.165) is 19.5 Å². The van der Waals surface area contributed by atoms with Crippen LogP contribution in [0.4, 0.5) is 0 Å². The van der Waals surface area contributed by atoms with Crippen LogP contribution in [0, 0.1) is 11.3 Å². The number of likely N-dealkylation sites (tertiary alicyclic amines) is 1. The molecule has 2 heterocycles. The van der Waals surface area contributed by atoms with Crippen molar-refractivity contribution in [2.75, 3.05) is 13.1 Å². The molecule has 1 aliphatic carbocycles. The Morgan fingerprint density at radius 2 is 1.96 bits per heavy atom. The van der Waals surface area contributed by atoms with Crippen molar-refractivity contribution in [2.45, 2.75) is 71.8 Å². The summed E-state index contributed by atoms with van der Waals surface area (Å²) in [6.45, 7) is 8.62. The highest BCUT2D eigenvalue weighted by molar-refractivity contribution is 5.92. The normalized spacial score (nSPS) is 23.4. The van der Waals surface area contributed by atoms with E-state index in [-0.39, 0.29) is 5.91 Å². The molecule has 4 heteroatoms. The zero-order chi connectivity index (χ0) is 16.4. The van der Waals surface area contributed by atoms with E-state index in [0.29, 0.717) is 23.1 Å². The number of aromatic nitrogens is 2. The lowest BCUT2D eigenvalue weighted by Crippen LogP contribution is -2.30. The van der Waals surface area contributed by atoms with Crippen LogP contribution >= 0.6 is 0 Å². The highest BCUT2D eigenvalue weighted by Gasteiger charge is 2.30. The van der Waals surface area contributed by atoms with E-state index in [9.17, 15) is 4.79 Å². The lowest BCUT2D eigenvalue weighted by Gasteiger charge is -2.23. The molecule has 128 valence electrons. The summed E-state index contributed by atoms with van der Waals surface area (Å²) in [5, 5.41) is 4.60. The highest BCUT2D eigenvalue weighted by atomic mass is 16.2. The molecule has 3 rings (SSSR count). The first-order valence-electron chi connectivity index (χ1n) is 9.27. The molecule has 0 bridgehead atoms. The Kier molecular flexibility index (Phi) is 4.79. The van der Waals surface area contributed by atoms with E-state index < -0.39 is 0 Å². The Labute approximate surface area is 140 Å². The molecule has 1 atom stereocenters. The number of amides is 1. The molecule has 0 spiro atoms. The molecule has 2 aliphatic rings. The highest BCUT2D eigenvalue weighted by Crippen LogP contribution is 2.31. The molecule has 1 amide bonds. The Morgan fingerprint density at radius 1 is 1.22 bits per heavy atom. The van der Waals surface area contributed by atoms with E-state index in [1.807, 2.05) is 21.8 Å². The van der Waals surface area contributed by atoms with E-state index in [4.69, 9.17) is 0 Å². The van der Waals surface area contributed by atoms with E-state index in [1.54, 1.807) is 0 Å². The second kappa shape index (κ2) is 6.66. The van der Waals surface area contributed by atoms with Crippen LogP contribution in [-0.4, -0.2) is 33.7 Å². The summed E-state index contributed by atoms with van der Waals surface area (Å²) >= 11 is 0. The first-order valence-corrected chi connectivity index (χ1v) is 9.27. The van der Waals surface area contributed by atoms with Crippen LogP contribution in [0.25, 0.3) is 0 Å². The molecular formula is C19H31N3O. The first-order chi connectivity index (χ1) is 10.9. The van der Waals surface area contributed by atoms with Crippen LogP contribution in [0.15, 0.2) is 12.3 Å². The molecule has 1 unspecified atom stereocenters. The van der Waals surface area contributed by atoms with Crippen molar-refractivity contribution in [1.29, 1.82) is 0 Å². The zero-order valence-electron chi connectivity index (χ0n) is 14.9. The molecule has 1 aromatic rings. The topological polar surface area (TPSA) is 38.1 Å². The molecule has 1 saturated heterocycles. The van der Waals surface area contributed by atoms with Crippen LogP contribution in [0.2, 0.25) is 0 Å². The van der Waals surface area contributed by atoms with Gasteiger partial charge in [-0.1, -0.05) is 40.0 Å². The fourth-order valence-electron chi connectivity index (χ4n) is 4.21. The smallest absolute Gasteiger partial charge is 0.274 e. The quantitative estimate of drug-likeness (QED) is 0.834. The molecule has 0 aromatic carbocycles. The van der Waals surface area contributed by atoms with Gasteiger partial charge in [-0.15, -0.1) is 0 Å². The van der Waals surface area contributed by atoms with Gasteiger partial charge >= 0.3 is 0 Å². The summed E-state index contributed by atoms with van der Waals surface area (Å²) in [6.07, 6.45) is 10.6. The van der Waals surface area contributed by atoms with Gasteiger partial charge in [-0.25, -0.2) is 0 Å². The van der Waals surface area contributed by atoms with Crippen molar-refractivity contribution in [3.63, 3.8) is 0 Å². The van der Waals surface area contributed by atoms with Crippen LogP contribution < -0.4 is 0 Å². The van der Waals surface area contributed by atoms with Crippen molar-refractivity contribution < 1.29 is 4.79 Å². The summed E-state index contributed by atoms with van der Waals surface area (Å²) in [7, 11) is 0. The van der Waals surface area contributed by atoms with Crippen molar-refractivity contribution >= 4 is 5.91 Å². The Bertz CT molecular complexity index is 537. The third-order valence-corrected chi connectivity index (χ3v) is 5.25. The summed E-state index contributed by atoms with van der Waals surface area (Å²) in [4.78, 5) is 14.7. The monoisotopic (exact) mass is 317 g/mol. The molecule has 4 nitrogen and oxygen atoms in total. The molecule has 1 aliphatic heterocycles. The van der Waals surface area contributed by atoms with Crippen LogP contribution in [0.1, 0.15) is 82.2 Å². The standard InChI is InChI=1S/C19H31N3O/c1-19(2,3)13-15-9-11-21(14-15)18(23)17-10-12-22(20-17)16-7-5-4-6-8-16/h10,12,15-16H,4-9,11,13-14H2,1-3H3. The average Bonchev–Trinajstić information content (AvgIpc) is 3.15. The molecule has 1 aromatic heterocycles. The second-order valence-corrected chi connectivity index (χ2v) is 8.64. The Hall–Kier alpha value is -1.32. The van der Waals surface area contributed by atoms with Gasteiger partial charge in [0.2, 0.25) is 0 Å². The van der Waals surface area contributed by atoms with Gasteiger partial charge < -0.3 is 4.90 Å². The fourth-order valence-corrected chi connectivity index (χ4v) is 4.21. The predicted octanol–water partition coefficient (Wildman–Crippen LogP) is 4.29. The lowest BCUT2D eigenvalue weighted by molar-refractivity contribution is 0.0776. The third-order valence-electron chi connectivity index (χ3n) is 5.25. The summed E-state index contributed by atoms with van der Waals surface area (Å²) in [5.41, 5.74) is 0.971. The van der Waals surface area contributed by atoms with Crippen molar-refractivity contribution in [3.8, 4) is 0 Å². The largest absolute Gasteiger partial charge is 0.337 e. The minimum Gasteiger partial charge on any atom is -0.337 e. The number of rotatable bonds is 3. The maximum atomic E-state index is 12.7. The van der Waals surface area contributed by atoms with Gasteiger partial charge in [-0.05, 0) is 43.1 Å². The number of nitrogens with zero attached hydrogens (tertiary/aromatic N) is 3.